The first-order valence-electron chi connectivity index (χ1n) is 4.52. The Labute approximate surface area is 75.0 Å². The highest BCUT2D eigenvalue weighted by Gasteiger charge is 2.31. The smallest absolute Gasteiger partial charge is 0.119 e. The van der Waals surface area contributed by atoms with Crippen LogP contribution in [0.4, 0.5) is 0 Å². The van der Waals surface area contributed by atoms with E-state index in [1.54, 1.807) is 0 Å². The van der Waals surface area contributed by atoms with E-state index in [-0.39, 0.29) is 5.54 Å². The van der Waals surface area contributed by atoms with E-state index in [1.165, 1.54) is 0 Å². The fourth-order valence-corrected chi connectivity index (χ4v) is 1.55. The molecule has 1 aliphatic rings. The molecule has 0 aromatic heterocycles. The molecule has 0 N–H and O–H groups in total. The van der Waals surface area contributed by atoms with Gasteiger partial charge in [0.05, 0.1) is 0 Å². The van der Waals surface area contributed by atoms with Gasteiger partial charge in [0, 0.05) is 12.6 Å². The Morgan fingerprint density at radius 2 is 2.00 bits per heavy atom. The van der Waals surface area contributed by atoms with E-state index in [1.807, 2.05) is 18.4 Å². The molecular formula is C9H19N3. The molecule has 0 amide bonds. The maximum absolute atomic E-state index is 4.27. The van der Waals surface area contributed by atoms with Crippen LogP contribution in [0.3, 0.4) is 0 Å². The van der Waals surface area contributed by atoms with Crippen LogP contribution in [0.2, 0.25) is 0 Å². The predicted molar refractivity (Wildman–Crippen MR) is 51.9 cm³/mol. The molecule has 1 unspecified atom stereocenters. The van der Waals surface area contributed by atoms with Gasteiger partial charge < -0.3 is 4.90 Å². The summed E-state index contributed by atoms with van der Waals surface area (Å²) < 4.78 is 0. The van der Waals surface area contributed by atoms with Crippen LogP contribution in [0.5, 0.6) is 0 Å². The van der Waals surface area contributed by atoms with Crippen molar-refractivity contribution in [3.8, 4) is 0 Å². The largest absolute Gasteiger partial charge is 0.335 e. The van der Waals surface area contributed by atoms with Gasteiger partial charge in [0.1, 0.15) is 12.5 Å². The lowest BCUT2D eigenvalue weighted by molar-refractivity contribution is 0.0914. The molecule has 12 heavy (non-hydrogen) atoms. The number of rotatable bonds is 1. The van der Waals surface area contributed by atoms with Crippen LogP contribution in [0.25, 0.3) is 0 Å². The van der Waals surface area contributed by atoms with Gasteiger partial charge in [-0.25, -0.2) is 0 Å². The van der Waals surface area contributed by atoms with Crippen LogP contribution in [-0.4, -0.2) is 35.0 Å². The summed E-state index contributed by atoms with van der Waals surface area (Å²) in [5.41, 5.74) is 0.176. The van der Waals surface area contributed by atoms with Crippen LogP contribution in [0.15, 0.2) is 5.10 Å². The monoisotopic (exact) mass is 169 g/mol. The number of hydrogen-bond donors (Lipinski definition) is 0. The Morgan fingerprint density at radius 1 is 1.42 bits per heavy atom. The highest BCUT2D eigenvalue weighted by molar-refractivity contribution is 5.58. The van der Waals surface area contributed by atoms with E-state index < -0.39 is 0 Å². The van der Waals surface area contributed by atoms with Gasteiger partial charge >= 0.3 is 0 Å². The number of hydrogen-bond acceptors (Lipinski definition) is 3. The predicted octanol–water partition coefficient (Wildman–Crippen LogP) is 1.71. The zero-order valence-corrected chi connectivity index (χ0v) is 8.70. The maximum atomic E-state index is 4.27. The fraction of sp³-hybridized carbons (Fsp3) is 0.889. The second-order valence-corrected chi connectivity index (χ2v) is 4.27. The van der Waals surface area contributed by atoms with E-state index in [4.69, 9.17) is 0 Å². The van der Waals surface area contributed by atoms with Gasteiger partial charge in [-0.05, 0) is 27.2 Å². The number of nitrogens with zero attached hydrogens (tertiary/aromatic N) is 3. The quantitative estimate of drug-likeness (QED) is 0.595. The average Bonchev–Trinajstić information content (AvgIpc) is 2.29. The van der Waals surface area contributed by atoms with Crippen LogP contribution in [0.1, 0.15) is 34.1 Å². The van der Waals surface area contributed by atoms with E-state index >= 15 is 0 Å². The van der Waals surface area contributed by atoms with E-state index in [0.29, 0.717) is 6.17 Å². The summed E-state index contributed by atoms with van der Waals surface area (Å²) in [6.45, 7) is 8.82. The average molecular weight is 169 g/mol. The molecule has 0 aliphatic carbocycles. The van der Waals surface area contributed by atoms with Crippen molar-refractivity contribution >= 4 is 6.34 Å². The van der Waals surface area contributed by atoms with Crippen molar-refractivity contribution in [2.45, 2.75) is 45.8 Å². The van der Waals surface area contributed by atoms with Crippen LogP contribution >= 0.6 is 0 Å². The Hall–Kier alpha value is -0.730. The van der Waals surface area contributed by atoms with Gasteiger partial charge in [-0.2, -0.15) is 5.10 Å². The lowest BCUT2D eigenvalue weighted by Gasteiger charge is -2.37. The van der Waals surface area contributed by atoms with Gasteiger partial charge in [-0.3, -0.25) is 5.01 Å². The second kappa shape index (κ2) is 2.96. The summed E-state index contributed by atoms with van der Waals surface area (Å²) in [5.74, 6) is 0. The third kappa shape index (κ3) is 1.54. The molecule has 1 heterocycles. The maximum Gasteiger partial charge on any atom is 0.119 e. The van der Waals surface area contributed by atoms with Crippen molar-refractivity contribution in [1.82, 2.24) is 9.91 Å². The molecule has 70 valence electrons. The van der Waals surface area contributed by atoms with E-state index in [9.17, 15) is 0 Å². The summed E-state index contributed by atoms with van der Waals surface area (Å²) in [7, 11) is 2.02. The van der Waals surface area contributed by atoms with E-state index in [2.05, 4.69) is 37.7 Å². The third-order valence-electron chi connectivity index (χ3n) is 2.25. The molecule has 0 aromatic rings. The summed E-state index contributed by atoms with van der Waals surface area (Å²) in [6, 6.07) is 0. The minimum Gasteiger partial charge on any atom is -0.335 e. The first-order chi connectivity index (χ1) is 5.46. The van der Waals surface area contributed by atoms with Gasteiger partial charge in [0.15, 0.2) is 0 Å². The molecule has 0 bridgehead atoms. The van der Waals surface area contributed by atoms with Crippen LogP contribution in [-0.2, 0) is 0 Å². The zero-order valence-electron chi connectivity index (χ0n) is 8.70. The summed E-state index contributed by atoms with van der Waals surface area (Å²) in [5, 5.41) is 6.29. The molecule has 1 aliphatic heterocycles. The lowest BCUT2D eigenvalue weighted by atomic mass is 10.1. The molecule has 1 rings (SSSR count). The number of hydrazone groups is 1. The molecule has 0 aromatic carbocycles. The van der Waals surface area contributed by atoms with Crippen molar-refractivity contribution < 1.29 is 0 Å². The third-order valence-corrected chi connectivity index (χ3v) is 2.25. The standard InChI is InChI=1S/C9H19N3/c1-6-8-11(5)10-7-12(8)9(2,3)4/h7-8H,6H2,1-5H3. The second-order valence-electron chi connectivity index (χ2n) is 4.27. The summed E-state index contributed by atoms with van der Waals surface area (Å²) in [4.78, 5) is 2.30. The molecule has 0 saturated heterocycles. The summed E-state index contributed by atoms with van der Waals surface area (Å²) in [6.07, 6.45) is 3.48. The molecule has 0 radical (unpaired) electrons. The first-order valence-corrected chi connectivity index (χ1v) is 4.52. The Morgan fingerprint density at radius 3 is 2.33 bits per heavy atom. The molecular weight excluding hydrogens is 150 g/mol. The fourth-order valence-electron chi connectivity index (χ4n) is 1.55. The molecule has 3 nitrogen and oxygen atoms in total. The minimum atomic E-state index is 0.176. The molecule has 0 spiro atoms. The van der Waals surface area contributed by atoms with Crippen LogP contribution in [0, 0.1) is 0 Å². The molecule has 0 fully saturated rings. The van der Waals surface area contributed by atoms with Crippen molar-refractivity contribution in [2.75, 3.05) is 7.05 Å². The summed E-state index contributed by atoms with van der Waals surface area (Å²) >= 11 is 0. The lowest BCUT2D eigenvalue weighted by Crippen LogP contribution is -2.48. The highest BCUT2D eigenvalue weighted by atomic mass is 15.6. The SMILES string of the molecule is CCC1N(C)N=CN1C(C)(C)C. The normalized spacial score (nSPS) is 23.9. The zero-order chi connectivity index (χ0) is 9.35. The topological polar surface area (TPSA) is 18.8 Å². The first kappa shape index (κ1) is 9.36. The van der Waals surface area contributed by atoms with Gasteiger partial charge in [0.25, 0.3) is 0 Å². The van der Waals surface area contributed by atoms with Crippen molar-refractivity contribution in [3.05, 3.63) is 0 Å². The highest BCUT2D eigenvalue weighted by Crippen LogP contribution is 2.22. The Kier molecular flexibility index (Phi) is 2.31. The molecule has 0 saturated carbocycles. The minimum absolute atomic E-state index is 0.176. The Bertz CT molecular complexity index is 181. The van der Waals surface area contributed by atoms with Crippen molar-refractivity contribution in [2.24, 2.45) is 5.10 Å². The van der Waals surface area contributed by atoms with Crippen molar-refractivity contribution in [3.63, 3.8) is 0 Å². The molecule has 1 atom stereocenters. The Balaban J connectivity index is 2.73. The van der Waals surface area contributed by atoms with Crippen LogP contribution < -0.4 is 0 Å². The van der Waals surface area contributed by atoms with Crippen molar-refractivity contribution in [1.29, 1.82) is 0 Å². The van der Waals surface area contributed by atoms with Gasteiger partial charge in [-0.1, -0.05) is 6.92 Å². The molecule has 3 heteroatoms. The van der Waals surface area contributed by atoms with Gasteiger partial charge in [-0.15, -0.1) is 0 Å². The van der Waals surface area contributed by atoms with E-state index in [0.717, 1.165) is 6.42 Å². The van der Waals surface area contributed by atoms with Gasteiger partial charge in [0.2, 0.25) is 0 Å².